The van der Waals surface area contributed by atoms with Crippen molar-refractivity contribution in [2.75, 3.05) is 0 Å². The number of nitrogens with one attached hydrogen (secondary N) is 1. The van der Waals surface area contributed by atoms with Crippen molar-refractivity contribution in [3.8, 4) is 0 Å². The van der Waals surface area contributed by atoms with Crippen LogP contribution in [0.4, 0.5) is 0 Å². The number of benzene rings is 1. The van der Waals surface area contributed by atoms with E-state index in [1.54, 1.807) is 43.3 Å². The van der Waals surface area contributed by atoms with Gasteiger partial charge in [0.25, 0.3) is 0 Å². The van der Waals surface area contributed by atoms with Crippen molar-refractivity contribution in [2.24, 2.45) is 0 Å². The number of hydrogen-bond acceptors (Lipinski definition) is 3. The van der Waals surface area contributed by atoms with Gasteiger partial charge in [-0.05, 0) is 54.0 Å². The van der Waals surface area contributed by atoms with Crippen molar-refractivity contribution < 1.29 is 12.8 Å². The summed E-state index contributed by atoms with van der Waals surface area (Å²) >= 11 is 3.24. The molecule has 1 atom stereocenters. The lowest BCUT2D eigenvalue weighted by Crippen LogP contribution is -2.26. The molecule has 2 aromatic rings. The fraction of sp³-hybridized carbons (Fsp3) is 0.231. The van der Waals surface area contributed by atoms with Crippen molar-refractivity contribution >= 4 is 26.0 Å². The van der Waals surface area contributed by atoms with Crippen molar-refractivity contribution in [2.45, 2.75) is 24.8 Å². The zero-order valence-corrected chi connectivity index (χ0v) is 13.0. The van der Waals surface area contributed by atoms with E-state index in [9.17, 15) is 8.42 Å². The van der Waals surface area contributed by atoms with Crippen LogP contribution >= 0.6 is 15.9 Å². The predicted octanol–water partition coefficient (Wildman–Crippen LogP) is 3.39. The van der Waals surface area contributed by atoms with Crippen LogP contribution in [0.5, 0.6) is 0 Å². The first-order valence-corrected chi connectivity index (χ1v) is 8.01. The summed E-state index contributed by atoms with van der Waals surface area (Å²) in [4.78, 5) is 0.213. The second-order valence-electron chi connectivity index (χ2n) is 4.22. The Morgan fingerprint density at radius 2 is 1.89 bits per heavy atom. The van der Waals surface area contributed by atoms with Gasteiger partial charge in [-0.3, -0.25) is 0 Å². The van der Waals surface area contributed by atoms with Gasteiger partial charge in [-0.1, -0.05) is 12.1 Å². The molecule has 0 aliphatic rings. The summed E-state index contributed by atoms with van der Waals surface area (Å²) in [6.07, 6.45) is 0. The smallest absolute Gasteiger partial charge is 0.242 e. The molecule has 4 nitrogen and oxygen atoms in total. The first-order valence-electron chi connectivity index (χ1n) is 5.73. The molecule has 0 saturated heterocycles. The van der Waals surface area contributed by atoms with Crippen molar-refractivity contribution in [3.05, 3.63) is 52.4 Å². The van der Waals surface area contributed by atoms with E-state index >= 15 is 0 Å². The molecule has 0 aliphatic carbocycles. The first-order chi connectivity index (χ1) is 8.90. The Balaban J connectivity index is 2.25. The zero-order chi connectivity index (χ0) is 14.0. The van der Waals surface area contributed by atoms with E-state index in [1.165, 1.54) is 0 Å². The maximum atomic E-state index is 12.3. The van der Waals surface area contributed by atoms with Gasteiger partial charge in [-0.2, -0.15) is 0 Å². The van der Waals surface area contributed by atoms with Crippen LogP contribution in [0.2, 0.25) is 0 Å². The summed E-state index contributed by atoms with van der Waals surface area (Å²) < 4.78 is 33.1. The Hall–Kier alpha value is -1.11. The Morgan fingerprint density at radius 1 is 1.21 bits per heavy atom. The van der Waals surface area contributed by atoms with E-state index in [1.807, 2.05) is 6.92 Å². The molecule has 19 heavy (non-hydrogen) atoms. The van der Waals surface area contributed by atoms with Gasteiger partial charge in [-0.15, -0.1) is 0 Å². The average Bonchev–Trinajstić information content (AvgIpc) is 2.76. The van der Waals surface area contributed by atoms with Crippen LogP contribution in [-0.2, 0) is 10.0 Å². The summed E-state index contributed by atoms with van der Waals surface area (Å²) in [5.41, 5.74) is 0. The lowest BCUT2D eigenvalue weighted by molar-refractivity contribution is 0.441. The monoisotopic (exact) mass is 343 g/mol. The van der Waals surface area contributed by atoms with Crippen LogP contribution < -0.4 is 4.72 Å². The fourth-order valence-corrected chi connectivity index (χ4v) is 3.92. The highest BCUT2D eigenvalue weighted by atomic mass is 79.9. The number of furan rings is 1. The summed E-state index contributed by atoms with van der Waals surface area (Å²) in [5, 5.41) is 0. The molecule has 1 aromatic heterocycles. The highest BCUT2D eigenvalue weighted by Gasteiger charge is 2.21. The molecule has 1 aromatic carbocycles. The number of halogens is 1. The SMILES string of the molecule is Cc1ccc([C@@H](C)NS(=O)(=O)c2ccccc2Br)o1. The van der Waals surface area contributed by atoms with Crippen LogP contribution in [-0.4, -0.2) is 8.42 Å². The average molecular weight is 344 g/mol. The van der Waals surface area contributed by atoms with Crippen molar-refractivity contribution in [1.29, 1.82) is 0 Å². The lowest BCUT2D eigenvalue weighted by Gasteiger charge is -2.13. The zero-order valence-electron chi connectivity index (χ0n) is 10.6. The largest absolute Gasteiger partial charge is 0.465 e. The van der Waals surface area contributed by atoms with Gasteiger partial charge in [0.1, 0.15) is 11.5 Å². The van der Waals surface area contributed by atoms with Gasteiger partial charge in [0.2, 0.25) is 10.0 Å². The minimum absolute atomic E-state index is 0.213. The van der Waals surface area contributed by atoms with Crippen LogP contribution in [0.25, 0.3) is 0 Å². The summed E-state index contributed by atoms with van der Waals surface area (Å²) in [6.45, 7) is 3.56. The third-order valence-electron chi connectivity index (χ3n) is 2.65. The summed E-state index contributed by atoms with van der Waals surface area (Å²) in [7, 11) is -3.59. The number of aryl methyl sites for hydroxylation is 1. The Bertz CT molecular complexity index is 679. The minimum atomic E-state index is -3.59. The maximum Gasteiger partial charge on any atom is 0.242 e. The highest BCUT2D eigenvalue weighted by Crippen LogP contribution is 2.24. The van der Waals surface area contributed by atoms with Crippen molar-refractivity contribution in [1.82, 2.24) is 4.72 Å². The van der Waals surface area contributed by atoms with Crippen LogP contribution in [0.1, 0.15) is 24.5 Å². The molecule has 0 bridgehead atoms. The molecular formula is C13H14BrNO3S. The van der Waals surface area contributed by atoms with Gasteiger partial charge in [0.15, 0.2) is 0 Å². The van der Waals surface area contributed by atoms with E-state index < -0.39 is 16.1 Å². The molecule has 0 unspecified atom stereocenters. The van der Waals surface area contributed by atoms with E-state index in [2.05, 4.69) is 20.7 Å². The Morgan fingerprint density at radius 3 is 2.47 bits per heavy atom. The second kappa shape index (κ2) is 5.48. The Kier molecular flexibility index (Phi) is 4.13. The third kappa shape index (κ3) is 3.26. The molecule has 0 aliphatic heterocycles. The van der Waals surface area contributed by atoms with Gasteiger partial charge < -0.3 is 4.42 Å². The van der Waals surface area contributed by atoms with E-state index in [0.29, 0.717) is 10.2 Å². The van der Waals surface area contributed by atoms with E-state index in [0.717, 1.165) is 5.76 Å². The molecule has 102 valence electrons. The molecule has 2 rings (SSSR count). The molecule has 0 saturated carbocycles. The van der Waals surface area contributed by atoms with Crippen LogP contribution in [0.3, 0.4) is 0 Å². The molecule has 1 N–H and O–H groups in total. The van der Waals surface area contributed by atoms with Gasteiger partial charge in [0.05, 0.1) is 10.9 Å². The van der Waals surface area contributed by atoms with Gasteiger partial charge in [-0.25, -0.2) is 13.1 Å². The third-order valence-corrected chi connectivity index (χ3v) is 5.20. The molecule has 0 radical (unpaired) electrons. The first kappa shape index (κ1) is 14.3. The van der Waals surface area contributed by atoms with Gasteiger partial charge >= 0.3 is 0 Å². The molecule has 1 heterocycles. The second-order valence-corrected chi connectivity index (χ2v) is 6.76. The maximum absolute atomic E-state index is 12.3. The molecule has 0 amide bonds. The van der Waals surface area contributed by atoms with Crippen LogP contribution in [0, 0.1) is 6.92 Å². The van der Waals surface area contributed by atoms with Crippen LogP contribution in [0.15, 0.2) is 50.2 Å². The number of hydrogen-bond donors (Lipinski definition) is 1. The molecule has 6 heteroatoms. The number of rotatable bonds is 4. The standard InChI is InChI=1S/C13H14BrNO3S/c1-9-7-8-12(18-9)10(2)15-19(16,17)13-6-4-3-5-11(13)14/h3-8,10,15H,1-2H3/t10-/m1/s1. The predicted molar refractivity (Wildman–Crippen MR) is 76.3 cm³/mol. The highest BCUT2D eigenvalue weighted by molar-refractivity contribution is 9.10. The van der Waals surface area contributed by atoms with Gasteiger partial charge in [0, 0.05) is 4.47 Å². The molecule has 0 spiro atoms. The molecular weight excluding hydrogens is 330 g/mol. The van der Waals surface area contributed by atoms with Crippen molar-refractivity contribution in [3.63, 3.8) is 0 Å². The van der Waals surface area contributed by atoms with E-state index in [4.69, 9.17) is 4.42 Å². The summed E-state index contributed by atoms with van der Waals surface area (Å²) in [6, 6.07) is 9.83. The number of sulfonamides is 1. The quantitative estimate of drug-likeness (QED) is 0.925. The minimum Gasteiger partial charge on any atom is -0.465 e. The molecule has 0 fully saturated rings. The Labute approximate surface area is 121 Å². The van der Waals surface area contributed by atoms with E-state index in [-0.39, 0.29) is 4.90 Å². The lowest BCUT2D eigenvalue weighted by atomic mass is 10.3. The topological polar surface area (TPSA) is 59.3 Å². The normalized spacial score (nSPS) is 13.4. The fourth-order valence-electron chi connectivity index (χ4n) is 1.70. The summed E-state index contributed by atoms with van der Waals surface area (Å²) in [5.74, 6) is 1.34.